The van der Waals surface area contributed by atoms with Crippen molar-refractivity contribution in [2.45, 2.75) is 25.3 Å². The van der Waals surface area contributed by atoms with Gasteiger partial charge in [0.2, 0.25) is 0 Å². The molecule has 2 aromatic rings. The number of aliphatic carboxylic acids is 1. The number of rotatable bonds is 3. The van der Waals surface area contributed by atoms with E-state index in [1.165, 1.54) is 16.2 Å². The number of aromatic nitrogens is 4. The lowest BCUT2D eigenvalue weighted by Crippen LogP contribution is -2.46. The number of hydrogen-bond acceptors (Lipinski definition) is 6. The van der Waals surface area contributed by atoms with Gasteiger partial charge in [0.1, 0.15) is 5.69 Å². The Labute approximate surface area is 119 Å². The molecular weight excluding hydrogens is 280 g/mol. The van der Waals surface area contributed by atoms with Gasteiger partial charge in [-0.05, 0) is 24.5 Å². The van der Waals surface area contributed by atoms with E-state index in [0.717, 1.165) is 10.6 Å². The third kappa shape index (κ3) is 2.10. The van der Waals surface area contributed by atoms with Crippen LogP contribution in [0.15, 0.2) is 12.3 Å². The lowest BCUT2D eigenvalue weighted by molar-refractivity contribution is -0.153. The second-order valence-corrected chi connectivity index (χ2v) is 5.63. The van der Waals surface area contributed by atoms with Gasteiger partial charge in [-0.2, -0.15) is 4.37 Å². The predicted octanol–water partition coefficient (Wildman–Crippen LogP) is 1.30. The van der Waals surface area contributed by atoms with E-state index in [0.29, 0.717) is 31.7 Å². The van der Waals surface area contributed by atoms with Crippen molar-refractivity contribution in [3.05, 3.63) is 18.0 Å². The van der Waals surface area contributed by atoms with E-state index in [9.17, 15) is 9.90 Å². The fourth-order valence-corrected chi connectivity index (χ4v) is 3.03. The van der Waals surface area contributed by atoms with Crippen LogP contribution in [0, 0.1) is 6.92 Å². The summed E-state index contributed by atoms with van der Waals surface area (Å²) in [6.07, 6.45) is 2.48. The maximum absolute atomic E-state index is 11.7. The number of carbonyl (C=O) groups is 1. The van der Waals surface area contributed by atoms with Crippen LogP contribution in [0.5, 0.6) is 0 Å². The maximum atomic E-state index is 11.7. The molecule has 7 nitrogen and oxygen atoms in total. The zero-order valence-electron chi connectivity index (χ0n) is 10.9. The van der Waals surface area contributed by atoms with Gasteiger partial charge in [0.15, 0.2) is 5.54 Å². The second-order valence-electron chi connectivity index (χ2n) is 4.83. The highest BCUT2D eigenvalue weighted by molar-refractivity contribution is 7.09. The molecule has 0 spiro atoms. The largest absolute Gasteiger partial charge is 0.479 e. The Hall–Kier alpha value is -1.80. The van der Waals surface area contributed by atoms with Crippen molar-refractivity contribution in [3.63, 3.8) is 0 Å². The van der Waals surface area contributed by atoms with E-state index < -0.39 is 11.5 Å². The molecule has 0 aromatic carbocycles. The third-order valence-corrected chi connectivity index (χ3v) is 4.43. The second kappa shape index (κ2) is 4.95. The van der Waals surface area contributed by atoms with Gasteiger partial charge in [-0.25, -0.2) is 9.48 Å². The maximum Gasteiger partial charge on any atom is 0.331 e. The predicted molar refractivity (Wildman–Crippen MR) is 71.5 cm³/mol. The average molecular weight is 294 g/mol. The minimum atomic E-state index is -1.05. The number of carboxylic acids is 1. The van der Waals surface area contributed by atoms with Gasteiger partial charge in [0, 0.05) is 26.1 Å². The molecule has 3 heterocycles. The van der Waals surface area contributed by atoms with E-state index in [2.05, 4.69) is 14.7 Å². The number of carboxylic acid groups (broad SMARTS) is 1. The van der Waals surface area contributed by atoms with E-state index in [-0.39, 0.29) is 0 Å². The Bertz CT molecular complexity index is 630. The van der Waals surface area contributed by atoms with Crippen LogP contribution < -0.4 is 0 Å². The first-order valence-corrected chi connectivity index (χ1v) is 7.07. The zero-order chi connectivity index (χ0) is 14.2. The number of ether oxygens (including phenoxy) is 1. The topological polar surface area (TPSA) is 90.1 Å². The molecule has 106 valence electrons. The van der Waals surface area contributed by atoms with Crippen LogP contribution >= 0.6 is 11.5 Å². The normalized spacial score (nSPS) is 18.1. The summed E-state index contributed by atoms with van der Waals surface area (Å²) in [6.45, 7) is 2.74. The van der Waals surface area contributed by atoms with E-state index in [1.807, 2.05) is 13.0 Å². The van der Waals surface area contributed by atoms with Gasteiger partial charge in [0.25, 0.3) is 0 Å². The molecule has 0 radical (unpaired) electrons. The highest BCUT2D eigenvalue weighted by Gasteiger charge is 2.43. The van der Waals surface area contributed by atoms with Gasteiger partial charge in [0.05, 0.1) is 16.8 Å². The molecule has 0 saturated carbocycles. The van der Waals surface area contributed by atoms with Gasteiger partial charge >= 0.3 is 5.97 Å². The lowest BCUT2D eigenvalue weighted by Gasteiger charge is -2.32. The van der Waals surface area contributed by atoms with Crippen molar-refractivity contribution in [2.24, 2.45) is 0 Å². The fourth-order valence-electron chi connectivity index (χ4n) is 2.32. The van der Waals surface area contributed by atoms with Crippen LogP contribution in [0.25, 0.3) is 10.6 Å². The number of aryl methyl sites for hydroxylation is 1. The first kappa shape index (κ1) is 13.2. The molecule has 8 heteroatoms. The smallest absolute Gasteiger partial charge is 0.331 e. The highest BCUT2D eigenvalue weighted by Crippen LogP contribution is 2.31. The number of nitrogens with zero attached hydrogens (tertiary/aromatic N) is 4. The summed E-state index contributed by atoms with van der Waals surface area (Å²) in [5, 5.41) is 17.7. The van der Waals surface area contributed by atoms with Gasteiger partial charge in [-0.1, -0.05) is 5.21 Å². The monoisotopic (exact) mass is 294 g/mol. The first-order chi connectivity index (χ1) is 9.62. The summed E-state index contributed by atoms with van der Waals surface area (Å²) in [5.41, 5.74) is 0.518. The van der Waals surface area contributed by atoms with Crippen LogP contribution in [0.2, 0.25) is 0 Å². The standard InChI is InChI=1S/C12H14N4O3S/c1-8-6-10(20-14-8)9-7-16(15-13-9)12(11(17)18)2-4-19-5-3-12/h6-7H,2-5H2,1H3,(H,17,18). The molecule has 1 saturated heterocycles. The summed E-state index contributed by atoms with van der Waals surface area (Å²) in [6, 6.07) is 1.91. The average Bonchev–Trinajstić information content (AvgIpc) is 3.08. The van der Waals surface area contributed by atoms with Crippen LogP contribution in [0.3, 0.4) is 0 Å². The summed E-state index contributed by atoms with van der Waals surface area (Å²) in [5.74, 6) is -0.891. The Morgan fingerprint density at radius 2 is 2.25 bits per heavy atom. The van der Waals surface area contributed by atoms with Crippen molar-refractivity contribution in [1.82, 2.24) is 19.4 Å². The molecular formula is C12H14N4O3S. The molecule has 2 aromatic heterocycles. The Balaban J connectivity index is 1.97. The van der Waals surface area contributed by atoms with Crippen LogP contribution in [-0.2, 0) is 15.1 Å². The van der Waals surface area contributed by atoms with Crippen molar-refractivity contribution < 1.29 is 14.6 Å². The van der Waals surface area contributed by atoms with Gasteiger partial charge in [-0.3, -0.25) is 0 Å². The molecule has 0 atom stereocenters. The minimum Gasteiger partial charge on any atom is -0.479 e. The van der Waals surface area contributed by atoms with E-state index >= 15 is 0 Å². The molecule has 0 amide bonds. The highest BCUT2D eigenvalue weighted by atomic mass is 32.1. The summed E-state index contributed by atoms with van der Waals surface area (Å²) < 4.78 is 10.9. The number of hydrogen-bond donors (Lipinski definition) is 1. The lowest BCUT2D eigenvalue weighted by atomic mass is 9.90. The SMILES string of the molecule is Cc1cc(-c2cn(C3(C(=O)O)CCOCC3)nn2)sn1. The molecule has 0 bridgehead atoms. The Kier molecular flexibility index (Phi) is 3.27. The molecule has 20 heavy (non-hydrogen) atoms. The molecule has 0 aliphatic carbocycles. The molecule has 1 aliphatic heterocycles. The molecule has 1 N–H and O–H groups in total. The fraction of sp³-hybridized carbons (Fsp3) is 0.500. The minimum absolute atomic E-state index is 0.396. The van der Waals surface area contributed by atoms with Crippen molar-refractivity contribution in [2.75, 3.05) is 13.2 Å². The molecule has 3 rings (SSSR count). The first-order valence-electron chi connectivity index (χ1n) is 6.29. The summed E-state index contributed by atoms with van der Waals surface area (Å²) >= 11 is 1.33. The van der Waals surface area contributed by atoms with Crippen molar-refractivity contribution in [3.8, 4) is 10.6 Å². The van der Waals surface area contributed by atoms with Gasteiger partial charge in [-0.15, -0.1) is 5.10 Å². The zero-order valence-corrected chi connectivity index (χ0v) is 11.8. The molecule has 1 aliphatic rings. The van der Waals surface area contributed by atoms with E-state index in [4.69, 9.17) is 4.74 Å². The van der Waals surface area contributed by atoms with E-state index in [1.54, 1.807) is 6.20 Å². The molecule has 1 fully saturated rings. The van der Waals surface area contributed by atoms with Crippen molar-refractivity contribution in [1.29, 1.82) is 0 Å². The quantitative estimate of drug-likeness (QED) is 0.917. The summed E-state index contributed by atoms with van der Waals surface area (Å²) in [4.78, 5) is 12.6. The third-order valence-electron chi connectivity index (χ3n) is 3.53. The van der Waals surface area contributed by atoms with Crippen LogP contribution in [0.1, 0.15) is 18.5 Å². The Morgan fingerprint density at radius 1 is 1.50 bits per heavy atom. The van der Waals surface area contributed by atoms with Crippen LogP contribution in [-0.4, -0.2) is 43.7 Å². The van der Waals surface area contributed by atoms with Crippen LogP contribution in [0.4, 0.5) is 0 Å². The Morgan fingerprint density at radius 3 is 2.85 bits per heavy atom. The van der Waals surface area contributed by atoms with Crippen molar-refractivity contribution >= 4 is 17.5 Å². The molecule has 0 unspecified atom stereocenters. The summed E-state index contributed by atoms with van der Waals surface area (Å²) in [7, 11) is 0. The van der Waals surface area contributed by atoms with Gasteiger partial charge < -0.3 is 9.84 Å².